The minimum Gasteiger partial charge on any atom is -0.310 e. The monoisotopic (exact) mass is 360 g/mol. The van der Waals surface area contributed by atoms with Gasteiger partial charge in [0.25, 0.3) is 0 Å². The van der Waals surface area contributed by atoms with Gasteiger partial charge in [0.05, 0.1) is 9.30 Å². The van der Waals surface area contributed by atoms with E-state index in [1.54, 1.807) is 11.3 Å². The molecule has 1 unspecified atom stereocenters. The Morgan fingerprint density at radius 2 is 2.05 bits per heavy atom. The standard InChI is InChI=1S/C17H17BrN2S/c1-2-19-15(11-13-8-9-16(18)21-13)14-7-3-5-12-6-4-10-20-17(12)14/h3-10,15,19H,2,11H2,1H3. The second-order valence-electron chi connectivity index (χ2n) is 4.94. The fraction of sp³-hybridized carbons (Fsp3) is 0.235. The van der Waals surface area contributed by atoms with Crippen LogP contribution in [0, 0.1) is 0 Å². The van der Waals surface area contributed by atoms with Gasteiger partial charge < -0.3 is 5.32 Å². The summed E-state index contributed by atoms with van der Waals surface area (Å²) in [4.78, 5) is 5.96. The molecule has 2 heterocycles. The summed E-state index contributed by atoms with van der Waals surface area (Å²) in [6, 6.07) is 15.1. The topological polar surface area (TPSA) is 24.9 Å². The Morgan fingerprint density at radius 1 is 1.19 bits per heavy atom. The number of halogens is 1. The van der Waals surface area contributed by atoms with E-state index in [1.807, 2.05) is 12.3 Å². The second kappa shape index (κ2) is 6.69. The maximum absolute atomic E-state index is 4.59. The first-order chi connectivity index (χ1) is 10.3. The van der Waals surface area contributed by atoms with E-state index in [0.29, 0.717) is 6.04 Å². The summed E-state index contributed by atoms with van der Waals surface area (Å²) in [5.41, 5.74) is 2.38. The number of benzene rings is 1. The summed E-state index contributed by atoms with van der Waals surface area (Å²) in [5, 5.41) is 4.80. The molecule has 0 fully saturated rings. The molecule has 0 aliphatic carbocycles. The molecule has 0 spiro atoms. The van der Waals surface area contributed by atoms with Crippen molar-refractivity contribution in [2.45, 2.75) is 19.4 Å². The Morgan fingerprint density at radius 3 is 2.81 bits per heavy atom. The van der Waals surface area contributed by atoms with Gasteiger partial charge >= 0.3 is 0 Å². The molecular weight excluding hydrogens is 344 g/mol. The normalized spacial score (nSPS) is 12.7. The van der Waals surface area contributed by atoms with Gasteiger partial charge in [-0.3, -0.25) is 4.98 Å². The van der Waals surface area contributed by atoms with Crippen molar-refractivity contribution in [3.05, 3.63) is 62.9 Å². The van der Waals surface area contributed by atoms with Crippen molar-refractivity contribution < 1.29 is 0 Å². The van der Waals surface area contributed by atoms with Crippen LogP contribution < -0.4 is 5.32 Å². The number of pyridine rings is 1. The highest BCUT2D eigenvalue weighted by molar-refractivity contribution is 9.11. The lowest BCUT2D eigenvalue weighted by Crippen LogP contribution is -2.23. The van der Waals surface area contributed by atoms with E-state index < -0.39 is 0 Å². The lowest BCUT2D eigenvalue weighted by atomic mass is 9.99. The Hall–Kier alpha value is -1.23. The van der Waals surface area contributed by atoms with Gasteiger partial charge in [-0.2, -0.15) is 0 Å². The van der Waals surface area contributed by atoms with Crippen LogP contribution in [0.4, 0.5) is 0 Å². The molecule has 0 amide bonds. The number of para-hydroxylation sites is 1. The average molecular weight is 361 g/mol. The number of nitrogens with zero attached hydrogens (tertiary/aromatic N) is 1. The van der Waals surface area contributed by atoms with E-state index in [1.165, 1.54) is 19.6 Å². The third-order valence-corrected chi connectivity index (χ3v) is 5.17. The van der Waals surface area contributed by atoms with Crippen molar-refractivity contribution in [3.8, 4) is 0 Å². The number of likely N-dealkylation sites (N-methyl/N-ethyl adjacent to an activating group) is 1. The molecular formula is C17H17BrN2S. The van der Waals surface area contributed by atoms with Crippen LogP contribution in [0.15, 0.2) is 52.4 Å². The molecule has 21 heavy (non-hydrogen) atoms. The Kier molecular flexibility index (Phi) is 4.68. The molecule has 2 aromatic heterocycles. The Labute approximate surface area is 137 Å². The third-order valence-electron chi connectivity index (χ3n) is 3.52. The van der Waals surface area contributed by atoms with Crippen molar-refractivity contribution in [3.63, 3.8) is 0 Å². The minimum absolute atomic E-state index is 0.291. The van der Waals surface area contributed by atoms with E-state index in [-0.39, 0.29) is 0 Å². The zero-order valence-electron chi connectivity index (χ0n) is 11.8. The van der Waals surface area contributed by atoms with Gasteiger partial charge in [0, 0.05) is 28.9 Å². The summed E-state index contributed by atoms with van der Waals surface area (Å²) < 4.78 is 1.18. The molecule has 108 valence electrons. The fourth-order valence-electron chi connectivity index (χ4n) is 2.61. The largest absolute Gasteiger partial charge is 0.310 e. The van der Waals surface area contributed by atoms with Crippen LogP contribution in [-0.2, 0) is 6.42 Å². The van der Waals surface area contributed by atoms with Gasteiger partial charge in [-0.05, 0) is 46.2 Å². The van der Waals surface area contributed by atoms with E-state index in [4.69, 9.17) is 0 Å². The van der Waals surface area contributed by atoms with E-state index >= 15 is 0 Å². The highest BCUT2D eigenvalue weighted by Crippen LogP contribution is 2.29. The summed E-state index contributed by atoms with van der Waals surface area (Å²) in [6.45, 7) is 3.09. The molecule has 0 aliphatic rings. The number of aromatic nitrogens is 1. The molecule has 3 rings (SSSR count). The Balaban J connectivity index is 1.98. The minimum atomic E-state index is 0.291. The van der Waals surface area contributed by atoms with Gasteiger partial charge in [-0.15, -0.1) is 11.3 Å². The fourth-order valence-corrected chi connectivity index (χ4v) is 4.14. The number of hydrogen-bond donors (Lipinski definition) is 1. The lowest BCUT2D eigenvalue weighted by molar-refractivity contribution is 0.556. The average Bonchev–Trinajstić information content (AvgIpc) is 2.91. The molecule has 0 aliphatic heterocycles. The molecule has 0 bridgehead atoms. The maximum atomic E-state index is 4.59. The molecule has 1 atom stereocenters. The lowest BCUT2D eigenvalue weighted by Gasteiger charge is -2.19. The third kappa shape index (κ3) is 3.34. The quantitative estimate of drug-likeness (QED) is 0.695. The van der Waals surface area contributed by atoms with Gasteiger partial charge in [0.2, 0.25) is 0 Å². The summed E-state index contributed by atoms with van der Waals surface area (Å²) >= 11 is 5.34. The second-order valence-corrected chi connectivity index (χ2v) is 7.49. The highest BCUT2D eigenvalue weighted by Gasteiger charge is 2.15. The van der Waals surface area contributed by atoms with Crippen LogP contribution in [0.25, 0.3) is 10.9 Å². The van der Waals surface area contributed by atoms with Crippen LogP contribution in [0.5, 0.6) is 0 Å². The van der Waals surface area contributed by atoms with Crippen molar-refractivity contribution in [1.29, 1.82) is 0 Å². The molecule has 1 N–H and O–H groups in total. The van der Waals surface area contributed by atoms with Crippen LogP contribution in [0.1, 0.15) is 23.4 Å². The van der Waals surface area contributed by atoms with Gasteiger partial charge in [-0.25, -0.2) is 0 Å². The number of hydrogen-bond acceptors (Lipinski definition) is 3. The van der Waals surface area contributed by atoms with Crippen molar-refractivity contribution in [2.24, 2.45) is 0 Å². The van der Waals surface area contributed by atoms with Gasteiger partial charge in [0.1, 0.15) is 0 Å². The van der Waals surface area contributed by atoms with Crippen molar-refractivity contribution in [1.82, 2.24) is 10.3 Å². The maximum Gasteiger partial charge on any atom is 0.0749 e. The molecule has 2 nitrogen and oxygen atoms in total. The molecule has 4 heteroatoms. The van der Waals surface area contributed by atoms with E-state index in [2.05, 4.69) is 69.6 Å². The van der Waals surface area contributed by atoms with Crippen LogP contribution in [0.2, 0.25) is 0 Å². The first kappa shape index (κ1) is 14.7. The number of nitrogens with one attached hydrogen (secondary N) is 1. The van der Waals surface area contributed by atoms with Crippen molar-refractivity contribution in [2.75, 3.05) is 6.54 Å². The Bertz CT molecular complexity index is 733. The molecule has 1 aromatic carbocycles. The van der Waals surface area contributed by atoms with Crippen molar-refractivity contribution >= 4 is 38.2 Å². The van der Waals surface area contributed by atoms with Crippen LogP contribution in [0.3, 0.4) is 0 Å². The van der Waals surface area contributed by atoms with E-state index in [0.717, 1.165) is 18.5 Å². The number of fused-ring (bicyclic) bond motifs is 1. The summed E-state index contributed by atoms with van der Waals surface area (Å²) in [6.07, 6.45) is 2.86. The predicted octanol–water partition coefficient (Wildman–Crippen LogP) is 4.95. The summed E-state index contributed by atoms with van der Waals surface area (Å²) in [5.74, 6) is 0. The first-order valence-corrected chi connectivity index (χ1v) is 8.70. The molecule has 3 aromatic rings. The number of thiophene rings is 1. The predicted molar refractivity (Wildman–Crippen MR) is 93.9 cm³/mol. The zero-order chi connectivity index (χ0) is 14.7. The zero-order valence-corrected chi connectivity index (χ0v) is 14.2. The molecule has 0 radical (unpaired) electrons. The van der Waals surface area contributed by atoms with Crippen LogP contribution in [-0.4, -0.2) is 11.5 Å². The first-order valence-electron chi connectivity index (χ1n) is 7.09. The van der Waals surface area contributed by atoms with Gasteiger partial charge in [0.15, 0.2) is 0 Å². The van der Waals surface area contributed by atoms with Crippen LogP contribution >= 0.6 is 27.3 Å². The number of rotatable bonds is 5. The SMILES string of the molecule is CCNC(Cc1ccc(Br)s1)c1cccc2cccnc12. The van der Waals surface area contributed by atoms with E-state index in [9.17, 15) is 0 Å². The highest BCUT2D eigenvalue weighted by atomic mass is 79.9. The smallest absolute Gasteiger partial charge is 0.0749 e. The van der Waals surface area contributed by atoms with Gasteiger partial charge in [-0.1, -0.05) is 31.2 Å². The molecule has 0 saturated carbocycles. The summed E-state index contributed by atoms with van der Waals surface area (Å²) in [7, 11) is 0. The molecule has 0 saturated heterocycles.